The summed E-state index contributed by atoms with van der Waals surface area (Å²) in [6, 6.07) is 8.10. The molecule has 0 saturated heterocycles. The predicted molar refractivity (Wildman–Crippen MR) is 72.9 cm³/mol. The highest BCUT2D eigenvalue weighted by atomic mass is 16.5. The Morgan fingerprint density at radius 3 is 2.59 bits per heavy atom. The average molecular weight is 232 g/mol. The molecule has 92 valence electrons. The predicted octanol–water partition coefficient (Wildman–Crippen LogP) is 2.43. The quantitative estimate of drug-likeness (QED) is 0.625. The summed E-state index contributed by atoms with van der Waals surface area (Å²) in [4.78, 5) is 4.04. The fourth-order valence-corrected chi connectivity index (χ4v) is 1.41. The number of likely N-dealkylation sites (N-methyl/N-ethyl adjacent to an activating group) is 1. The summed E-state index contributed by atoms with van der Waals surface area (Å²) in [6.07, 6.45) is 4.78. The van der Waals surface area contributed by atoms with E-state index < -0.39 is 0 Å². The van der Waals surface area contributed by atoms with E-state index >= 15 is 0 Å². The Kier molecular flexibility index (Phi) is 6.04. The van der Waals surface area contributed by atoms with E-state index in [2.05, 4.69) is 22.4 Å². The fourth-order valence-electron chi connectivity index (χ4n) is 1.41. The van der Waals surface area contributed by atoms with Crippen molar-refractivity contribution < 1.29 is 4.74 Å². The van der Waals surface area contributed by atoms with Gasteiger partial charge in [-0.3, -0.25) is 4.99 Å². The SMILES string of the molecule is C/C=C\C(=NC)Oc1ccc(CCNC)cc1. The van der Waals surface area contributed by atoms with Gasteiger partial charge in [0.1, 0.15) is 5.75 Å². The second-order valence-corrected chi connectivity index (χ2v) is 3.66. The van der Waals surface area contributed by atoms with Crippen molar-refractivity contribution in [2.75, 3.05) is 20.6 Å². The van der Waals surface area contributed by atoms with E-state index in [1.807, 2.05) is 38.3 Å². The van der Waals surface area contributed by atoms with Crippen LogP contribution in [0.4, 0.5) is 0 Å². The molecule has 0 atom stereocenters. The molecule has 0 aliphatic carbocycles. The highest BCUT2D eigenvalue weighted by Crippen LogP contribution is 2.13. The highest BCUT2D eigenvalue weighted by molar-refractivity contribution is 5.89. The molecule has 1 rings (SSSR count). The molecule has 0 aliphatic rings. The lowest BCUT2D eigenvalue weighted by Crippen LogP contribution is -2.10. The number of benzene rings is 1. The zero-order valence-electron chi connectivity index (χ0n) is 10.7. The Labute approximate surface area is 103 Å². The smallest absolute Gasteiger partial charge is 0.214 e. The summed E-state index contributed by atoms with van der Waals surface area (Å²) in [5, 5.41) is 3.13. The first kappa shape index (κ1) is 13.5. The molecule has 0 radical (unpaired) electrons. The molecule has 1 N–H and O–H groups in total. The molecule has 0 heterocycles. The van der Waals surface area contributed by atoms with Gasteiger partial charge in [0.05, 0.1) is 0 Å². The number of nitrogens with zero attached hydrogens (tertiary/aromatic N) is 1. The summed E-state index contributed by atoms with van der Waals surface area (Å²) in [6.45, 7) is 2.93. The number of hydrogen-bond acceptors (Lipinski definition) is 3. The van der Waals surface area contributed by atoms with Gasteiger partial charge in [0.2, 0.25) is 5.90 Å². The lowest BCUT2D eigenvalue weighted by Gasteiger charge is -2.06. The van der Waals surface area contributed by atoms with Crippen molar-refractivity contribution in [1.82, 2.24) is 5.32 Å². The lowest BCUT2D eigenvalue weighted by molar-refractivity contribution is 0.553. The third-order valence-corrected chi connectivity index (χ3v) is 2.34. The molecule has 0 saturated carbocycles. The van der Waals surface area contributed by atoms with Crippen LogP contribution in [0.5, 0.6) is 5.75 Å². The molecule has 3 nitrogen and oxygen atoms in total. The summed E-state index contributed by atoms with van der Waals surface area (Å²) in [7, 11) is 3.68. The van der Waals surface area contributed by atoms with Crippen LogP contribution < -0.4 is 10.1 Å². The van der Waals surface area contributed by atoms with Crippen LogP contribution in [-0.2, 0) is 6.42 Å². The maximum atomic E-state index is 5.61. The Morgan fingerprint density at radius 2 is 2.06 bits per heavy atom. The molecule has 3 heteroatoms. The monoisotopic (exact) mass is 232 g/mol. The first-order chi connectivity index (χ1) is 8.30. The van der Waals surface area contributed by atoms with Crippen LogP contribution in [0.15, 0.2) is 41.4 Å². The Morgan fingerprint density at radius 1 is 1.35 bits per heavy atom. The van der Waals surface area contributed by atoms with Crippen LogP contribution >= 0.6 is 0 Å². The summed E-state index contributed by atoms with van der Waals surface area (Å²) >= 11 is 0. The van der Waals surface area contributed by atoms with Crippen molar-refractivity contribution in [2.24, 2.45) is 4.99 Å². The van der Waals surface area contributed by atoms with Crippen LogP contribution in [0.25, 0.3) is 0 Å². The second-order valence-electron chi connectivity index (χ2n) is 3.66. The normalized spacial score (nSPS) is 12.1. The Balaban J connectivity index is 2.61. The van der Waals surface area contributed by atoms with E-state index in [4.69, 9.17) is 4.74 Å². The van der Waals surface area contributed by atoms with Gasteiger partial charge < -0.3 is 10.1 Å². The van der Waals surface area contributed by atoms with Gasteiger partial charge in [-0.15, -0.1) is 0 Å². The third-order valence-electron chi connectivity index (χ3n) is 2.34. The lowest BCUT2D eigenvalue weighted by atomic mass is 10.1. The van der Waals surface area contributed by atoms with E-state index in [0.717, 1.165) is 18.7 Å². The van der Waals surface area contributed by atoms with Crippen LogP contribution in [-0.4, -0.2) is 26.5 Å². The molecule has 0 aliphatic heterocycles. The summed E-state index contributed by atoms with van der Waals surface area (Å²) in [5.41, 5.74) is 1.30. The van der Waals surface area contributed by atoms with Crippen LogP contribution in [0.3, 0.4) is 0 Å². The summed E-state index contributed by atoms with van der Waals surface area (Å²) in [5.74, 6) is 1.44. The van der Waals surface area contributed by atoms with Gasteiger partial charge in [0, 0.05) is 7.05 Å². The van der Waals surface area contributed by atoms with Crippen molar-refractivity contribution in [3.05, 3.63) is 42.0 Å². The molecular weight excluding hydrogens is 212 g/mol. The molecule has 0 aromatic heterocycles. The Bertz CT molecular complexity index is 380. The van der Waals surface area contributed by atoms with Crippen molar-refractivity contribution in [3.8, 4) is 5.75 Å². The molecule has 0 amide bonds. The minimum absolute atomic E-state index is 0.621. The third kappa shape index (κ3) is 4.83. The molecule has 0 fully saturated rings. The topological polar surface area (TPSA) is 33.6 Å². The number of aliphatic imine (C=N–C) groups is 1. The molecular formula is C14H20N2O. The van der Waals surface area contributed by atoms with Gasteiger partial charge in [0.15, 0.2) is 0 Å². The van der Waals surface area contributed by atoms with E-state index in [-0.39, 0.29) is 0 Å². The van der Waals surface area contributed by atoms with Gasteiger partial charge in [-0.05, 0) is 50.7 Å². The van der Waals surface area contributed by atoms with Crippen molar-refractivity contribution in [1.29, 1.82) is 0 Å². The maximum Gasteiger partial charge on any atom is 0.214 e. The highest BCUT2D eigenvalue weighted by Gasteiger charge is 1.98. The molecule has 0 unspecified atom stereocenters. The van der Waals surface area contributed by atoms with Crippen LogP contribution in [0.2, 0.25) is 0 Å². The fraction of sp³-hybridized carbons (Fsp3) is 0.357. The molecule has 0 bridgehead atoms. The number of nitrogens with one attached hydrogen (secondary N) is 1. The second kappa shape index (κ2) is 7.63. The van der Waals surface area contributed by atoms with E-state index in [9.17, 15) is 0 Å². The molecule has 1 aromatic carbocycles. The van der Waals surface area contributed by atoms with Gasteiger partial charge in [-0.25, -0.2) is 0 Å². The van der Waals surface area contributed by atoms with E-state index in [1.165, 1.54) is 5.56 Å². The van der Waals surface area contributed by atoms with Crippen molar-refractivity contribution in [2.45, 2.75) is 13.3 Å². The van der Waals surface area contributed by atoms with Crippen molar-refractivity contribution in [3.63, 3.8) is 0 Å². The molecule has 0 spiro atoms. The van der Waals surface area contributed by atoms with Gasteiger partial charge in [-0.2, -0.15) is 0 Å². The molecule has 1 aromatic rings. The van der Waals surface area contributed by atoms with Gasteiger partial charge in [-0.1, -0.05) is 18.2 Å². The average Bonchev–Trinajstić information content (AvgIpc) is 2.37. The van der Waals surface area contributed by atoms with E-state index in [0.29, 0.717) is 5.90 Å². The molecule has 17 heavy (non-hydrogen) atoms. The maximum absolute atomic E-state index is 5.61. The van der Waals surface area contributed by atoms with Gasteiger partial charge >= 0.3 is 0 Å². The minimum atomic E-state index is 0.621. The zero-order valence-corrected chi connectivity index (χ0v) is 10.7. The standard InChI is InChI=1S/C14H20N2O/c1-4-5-14(16-3)17-13-8-6-12(7-9-13)10-11-15-2/h4-9,15H,10-11H2,1-3H3/b5-4-,16-14?. The Hall–Kier alpha value is -1.61. The number of hydrogen-bond donors (Lipinski definition) is 1. The first-order valence-electron chi connectivity index (χ1n) is 5.81. The largest absolute Gasteiger partial charge is 0.439 e. The van der Waals surface area contributed by atoms with Crippen molar-refractivity contribution >= 4 is 5.90 Å². The van der Waals surface area contributed by atoms with Crippen LogP contribution in [0, 0.1) is 0 Å². The first-order valence-corrected chi connectivity index (χ1v) is 5.81. The number of rotatable bonds is 5. The van der Waals surface area contributed by atoms with Gasteiger partial charge in [0.25, 0.3) is 0 Å². The van der Waals surface area contributed by atoms with Crippen LogP contribution in [0.1, 0.15) is 12.5 Å². The minimum Gasteiger partial charge on any atom is -0.439 e. The number of allylic oxidation sites excluding steroid dienone is 1. The zero-order chi connectivity index (χ0) is 12.5. The van der Waals surface area contributed by atoms with E-state index in [1.54, 1.807) is 7.05 Å². The number of ether oxygens (including phenoxy) is 1. The summed E-state index contributed by atoms with van der Waals surface area (Å²) < 4.78 is 5.61.